The molecule has 7 heteroatoms. The van der Waals surface area contributed by atoms with Crippen molar-refractivity contribution in [1.29, 1.82) is 0 Å². The number of fused-ring (bicyclic) bond motifs is 1. The van der Waals surface area contributed by atoms with Gasteiger partial charge in [0.15, 0.2) is 5.82 Å². The maximum Gasteiger partial charge on any atom is 0.159 e. The van der Waals surface area contributed by atoms with Crippen LogP contribution in [0.2, 0.25) is 0 Å². The molecule has 40 heavy (non-hydrogen) atoms. The van der Waals surface area contributed by atoms with Crippen molar-refractivity contribution in [3.05, 3.63) is 101 Å². The molecule has 0 amide bonds. The minimum atomic E-state index is -0.318. The van der Waals surface area contributed by atoms with E-state index < -0.39 is 0 Å². The van der Waals surface area contributed by atoms with Crippen LogP contribution < -0.4 is 15.9 Å². The van der Waals surface area contributed by atoms with Gasteiger partial charge in [0.25, 0.3) is 0 Å². The highest BCUT2D eigenvalue weighted by atomic mass is 19.1. The van der Waals surface area contributed by atoms with Crippen LogP contribution in [-0.2, 0) is 0 Å². The van der Waals surface area contributed by atoms with Crippen LogP contribution in [0.3, 0.4) is 0 Å². The van der Waals surface area contributed by atoms with Gasteiger partial charge in [-0.1, -0.05) is 49.6 Å². The summed E-state index contributed by atoms with van der Waals surface area (Å²) in [7, 11) is 0. The van der Waals surface area contributed by atoms with Gasteiger partial charge in [-0.15, -0.1) is 0 Å². The smallest absolute Gasteiger partial charge is 0.159 e. The first-order valence-electron chi connectivity index (χ1n) is 13.7. The summed E-state index contributed by atoms with van der Waals surface area (Å²) in [6.45, 7) is 14.7. The van der Waals surface area contributed by atoms with E-state index in [2.05, 4.69) is 70.7 Å². The minimum Gasteiger partial charge on any atom is -0.336 e. The molecular weight excluding hydrogens is 499 g/mol. The molecule has 0 unspecified atom stereocenters. The minimum absolute atomic E-state index is 0.318. The fourth-order valence-corrected chi connectivity index (χ4v) is 5.16. The molecule has 1 aromatic carbocycles. The summed E-state index contributed by atoms with van der Waals surface area (Å²) in [4.78, 5) is 12.5. The van der Waals surface area contributed by atoms with Gasteiger partial charge in [0, 0.05) is 17.0 Å². The van der Waals surface area contributed by atoms with Gasteiger partial charge in [-0.25, -0.2) is 9.37 Å². The number of hydrogen-bond acceptors (Lipinski definition) is 4. The zero-order valence-corrected chi connectivity index (χ0v) is 23.1. The maximum atomic E-state index is 13.9. The van der Waals surface area contributed by atoms with Gasteiger partial charge in [-0.2, -0.15) is 5.10 Å². The van der Waals surface area contributed by atoms with Crippen LogP contribution in [0, 0.1) is 11.7 Å². The lowest BCUT2D eigenvalue weighted by molar-refractivity contribution is 0.374. The number of nitrogens with zero attached hydrogens (tertiary/aromatic N) is 3. The Morgan fingerprint density at radius 3 is 2.75 bits per heavy atom. The van der Waals surface area contributed by atoms with E-state index in [0.717, 1.165) is 41.2 Å². The highest BCUT2D eigenvalue weighted by Gasteiger charge is 2.15. The van der Waals surface area contributed by atoms with Crippen molar-refractivity contribution in [2.45, 2.75) is 33.1 Å². The highest BCUT2D eigenvalue weighted by Crippen LogP contribution is 2.27. The fraction of sp³-hybridized carbons (Fsp3) is 0.242. The number of imidazole rings is 1. The molecule has 3 aromatic heterocycles. The van der Waals surface area contributed by atoms with Crippen molar-refractivity contribution in [3.8, 4) is 22.8 Å². The van der Waals surface area contributed by atoms with Crippen molar-refractivity contribution in [2.24, 2.45) is 5.92 Å². The molecule has 1 saturated heterocycles. The molecule has 4 aromatic rings. The van der Waals surface area contributed by atoms with E-state index in [1.54, 1.807) is 12.3 Å². The monoisotopic (exact) mass is 534 g/mol. The molecule has 5 rings (SSSR count). The van der Waals surface area contributed by atoms with Crippen LogP contribution in [0.1, 0.15) is 33.1 Å². The summed E-state index contributed by atoms with van der Waals surface area (Å²) >= 11 is 0. The predicted molar refractivity (Wildman–Crippen MR) is 162 cm³/mol. The normalized spacial score (nSPS) is 16.2. The van der Waals surface area contributed by atoms with Gasteiger partial charge in [0.2, 0.25) is 0 Å². The Morgan fingerprint density at radius 1 is 1.18 bits per heavy atom. The summed E-state index contributed by atoms with van der Waals surface area (Å²) < 4.78 is 13.9. The van der Waals surface area contributed by atoms with Gasteiger partial charge in [0.05, 0.1) is 16.6 Å². The molecule has 204 valence electrons. The van der Waals surface area contributed by atoms with Crippen LogP contribution >= 0.6 is 0 Å². The van der Waals surface area contributed by atoms with Crippen LogP contribution in [0.15, 0.2) is 84.1 Å². The molecule has 1 aliphatic rings. The Bertz CT molecular complexity index is 1730. The van der Waals surface area contributed by atoms with Crippen molar-refractivity contribution < 1.29 is 4.39 Å². The van der Waals surface area contributed by atoms with Crippen LogP contribution in [0.25, 0.3) is 46.5 Å². The van der Waals surface area contributed by atoms with E-state index in [9.17, 15) is 4.39 Å². The van der Waals surface area contributed by atoms with Crippen molar-refractivity contribution >= 4 is 23.7 Å². The summed E-state index contributed by atoms with van der Waals surface area (Å²) in [5, 5.41) is 12.6. The zero-order valence-electron chi connectivity index (χ0n) is 23.1. The van der Waals surface area contributed by atoms with E-state index in [1.807, 2.05) is 24.3 Å². The first kappa shape index (κ1) is 27.2. The largest absolute Gasteiger partial charge is 0.336 e. The number of hydrogen-bond donors (Lipinski definition) is 3. The average Bonchev–Trinajstić information content (AvgIpc) is 3.57. The van der Waals surface area contributed by atoms with Crippen LogP contribution in [0.5, 0.6) is 0 Å². The molecule has 0 aliphatic carbocycles. The Morgan fingerprint density at radius 2 is 2.00 bits per heavy atom. The van der Waals surface area contributed by atoms with Crippen LogP contribution in [-0.4, -0.2) is 38.2 Å². The van der Waals surface area contributed by atoms with Crippen molar-refractivity contribution in [3.63, 3.8) is 0 Å². The quantitative estimate of drug-likeness (QED) is 0.252. The van der Waals surface area contributed by atoms with Crippen molar-refractivity contribution in [2.75, 3.05) is 13.1 Å². The van der Waals surface area contributed by atoms with Gasteiger partial charge in [-0.3, -0.25) is 10.1 Å². The third-order valence-corrected chi connectivity index (χ3v) is 7.47. The van der Waals surface area contributed by atoms with E-state index in [1.165, 1.54) is 36.1 Å². The van der Waals surface area contributed by atoms with Crippen molar-refractivity contribution in [1.82, 2.24) is 30.5 Å². The molecule has 3 N–H and O–H groups in total. The Balaban J connectivity index is 1.41. The number of aromatic nitrogens is 5. The lowest BCUT2D eigenvalue weighted by Crippen LogP contribution is -2.27. The topological polar surface area (TPSA) is 82.3 Å². The number of allylic oxidation sites excluding steroid dienone is 7. The second kappa shape index (κ2) is 12.2. The molecule has 0 saturated carbocycles. The van der Waals surface area contributed by atoms with E-state index >= 15 is 0 Å². The molecule has 1 fully saturated rings. The highest BCUT2D eigenvalue weighted by molar-refractivity contribution is 5.91. The molecular formula is C33H35FN6. The molecule has 0 spiro atoms. The number of aromatic amines is 2. The molecule has 6 nitrogen and oxygen atoms in total. The summed E-state index contributed by atoms with van der Waals surface area (Å²) in [5.41, 5.74) is 6.92. The lowest BCUT2D eigenvalue weighted by atomic mass is 9.89. The first-order valence-corrected chi connectivity index (χ1v) is 13.7. The first-order chi connectivity index (χ1) is 19.5. The van der Waals surface area contributed by atoms with E-state index in [0.29, 0.717) is 34.2 Å². The number of rotatable bonds is 8. The summed E-state index contributed by atoms with van der Waals surface area (Å²) in [6.07, 6.45) is 15.6. The predicted octanol–water partition coefficient (Wildman–Crippen LogP) is 5.74. The molecule has 0 atom stereocenters. The zero-order chi connectivity index (χ0) is 28.1. The Kier molecular flexibility index (Phi) is 8.31. The number of piperidine rings is 1. The third-order valence-electron chi connectivity index (χ3n) is 7.47. The van der Waals surface area contributed by atoms with Gasteiger partial charge in [-0.05, 0) is 93.1 Å². The average molecular weight is 535 g/mol. The lowest BCUT2D eigenvalue weighted by Gasteiger charge is -2.23. The number of H-pyrrole nitrogens is 2. The number of pyridine rings is 1. The molecule has 1 aliphatic heterocycles. The van der Waals surface area contributed by atoms with Crippen LogP contribution in [0.4, 0.5) is 4.39 Å². The fourth-order valence-electron chi connectivity index (χ4n) is 5.16. The van der Waals surface area contributed by atoms with Gasteiger partial charge in [0.1, 0.15) is 17.0 Å². The standard InChI is InChI=1S/C33H35FN6/c1-5-23(18-24-12-15-35-16-13-24)19-25(6-2)21(3)10-11-28-22(4)30(40-39-28)33-37-29-14-17-36-31(32(29)38-33)26-8-7-9-27(34)20-26/h5-11,14,17,19-20,24,35,39H,1,4,12-13,15-16,18H2,2-3H3,(H,37,38)/b21-10+,23-19+,25-6+,28-11+. The third kappa shape index (κ3) is 5.95. The number of halogens is 1. The summed E-state index contributed by atoms with van der Waals surface area (Å²) in [6, 6.07) is 8.20. The summed E-state index contributed by atoms with van der Waals surface area (Å²) in [5.74, 6) is 0.963. The van der Waals surface area contributed by atoms with E-state index in [4.69, 9.17) is 4.98 Å². The number of benzene rings is 1. The molecule has 4 heterocycles. The number of nitrogens with one attached hydrogen (secondary N) is 3. The molecule has 0 radical (unpaired) electrons. The Labute approximate surface area is 233 Å². The van der Waals surface area contributed by atoms with Gasteiger partial charge < -0.3 is 10.3 Å². The van der Waals surface area contributed by atoms with E-state index in [-0.39, 0.29) is 5.82 Å². The molecule has 0 bridgehead atoms. The SMILES string of the molecule is C=C\C(=C/C(=C\C)C(/C)=C/C=c1/[nH]nc(-c2nc3c(-c4cccc(F)c4)nccc3[nH]2)c1=C)CC1CCNCC1. The second-order valence-corrected chi connectivity index (χ2v) is 10.2. The second-order valence-electron chi connectivity index (χ2n) is 10.2. The maximum absolute atomic E-state index is 13.9. The Hall–Kier alpha value is -4.36. The van der Waals surface area contributed by atoms with Gasteiger partial charge >= 0.3 is 0 Å².